The summed E-state index contributed by atoms with van der Waals surface area (Å²) in [5.41, 5.74) is 4.37. The molecule has 0 radical (unpaired) electrons. The van der Waals surface area contributed by atoms with E-state index in [1.807, 2.05) is 73.7 Å². The molecule has 208 valence electrons. The van der Waals surface area contributed by atoms with Crippen LogP contribution < -0.4 is 10.1 Å². The van der Waals surface area contributed by atoms with Crippen molar-refractivity contribution in [3.8, 4) is 5.75 Å². The Balaban J connectivity index is 1.48. The van der Waals surface area contributed by atoms with Gasteiger partial charge in [0.05, 0.1) is 18.7 Å². The van der Waals surface area contributed by atoms with Crippen LogP contribution in [-0.4, -0.2) is 64.6 Å². The van der Waals surface area contributed by atoms with E-state index in [9.17, 15) is 9.59 Å². The normalized spacial score (nSPS) is 15.6. The number of amides is 2. The number of hydrogen-bond acceptors (Lipinski definition) is 6. The molecule has 9 nitrogen and oxygen atoms in total. The van der Waals surface area contributed by atoms with Crippen LogP contribution in [0.2, 0.25) is 0 Å². The number of carbonyl (C=O) groups is 2. The van der Waals surface area contributed by atoms with Crippen LogP contribution in [0.5, 0.6) is 5.75 Å². The number of ether oxygens (including phenoxy) is 2. The molecule has 4 aromatic rings. The van der Waals surface area contributed by atoms with Crippen molar-refractivity contribution in [2.45, 2.75) is 44.9 Å². The lowest BCUT2D eigenvalue weighted by atomic mass is 10.0. The summed E-state index contributed by atoms with van der Waals surface area (Å²) in [5, 5.41) is 11.5. The average Bonchev–Trinajstić information content (AvgIpc) is 3.64. The number of rotatable bonds is 11. The molecule has 2 atom stereocenters. The minimum Gasteiger partial charge on any atom is -0.497 e. The van der Waals surface area contributed by atoms with Crippen molar-refractivity contribution in [1.82, 2.24) is 25.2 Å². The fourth-order valence-electron chi connectivity index (χ4n) is 5.17. The second-order valence-corrected chi connectivity index (χ2v) is 10.1. The summed E-state index contributed by atoms with van der Waals surface area (Å²) in [6, 6.07) is 22.2. The summed E-state index contributed by atoms with van der Waals surface area (Å²) in [6.07, 6.45) is 2.45. The first-order chi connectivity index (χ1) is 19.5. The number of nitrogens with zero attached hydrogens (tertiary/aromatic N) is 4. The molecule has 1 aliphatic heterocycles. The summed E-state index contributed by atoms with van der Waals surface area (Å²) < 4.78 is 12.8. The largest absolute Gasteiger partial charge is 0.497 e. The Morgan fingerprint density at radius 2 is 1.98 bits per heavy atom. The van der Waals surface area contributed by atoms with Crippen LogP contribution in [0.1, 0.15) is 35.6 Å². The summed E-state index contributed by atoms with van der Waals surface area (Å²) in [5.74, 6) is 0.121. The zero-order valence-corrected chi connectivity index (χ0v) is 23.0. The maximum atomic E-state index is 14.1. The Labute approximate surface area is 234 Å². The molecule has 1 saturated heterocycles. The summed E-state index contributed by atoms with van der Waals surface area (Å²) >= 11 is 0. The first-order valence-electron chi connectivity index (χ1n) is 13.7. The minimum atomic E-state index is -0.872. The predicted molar refractivity (Wildman–Crippen MR) is 152 cm³/mol. The molecule has 1 N–H and O–H groups in total. The number of aryl methyl sites for hydroxylation is 1. The number of hydrogen-bond donors (Lipinski definition) is 1. The van der Waals surface area contributed by atoms with E-state index >= 15 is 0 Å². The van der Waals surface area contributed by atoms with E-state index in [0.29, 0.717) is 42.9 Å². The molecule has 2 amide bonds. The Hall–Kier alpha value is -4.24. The monoisotopic (exact) mass is 541 g/mol. The molecular weight excluding hydrogens is 506 g/mol. The van der Waals surface area contributed by atoms with Crippen molar-refractivity contribution in [3.63, 3.8) is 0 Å². The highest BCUT2D eigenvalue weighted by atomic mass is 16.5. The summed E-state index contributed by atoms with van der Waals surface area (Å²) in [7, 11) is 1.59. The Morgan fingerprint density at radius 1 is 1.12 bits per heavy atom. The molecule has 1 aromatic heterocycles. The molecule has 3 aromatic carbocycles. The van der Waals surface area contributed by atoms with Crippen molar-refractivity contribution in [2.24, 2.45) is 0 Å². The minimum absolute atomic E-state index is 0.0205. The third-order valence-electron chi connectivity index (χ3n) is 7.25. The fourth-order valence-corrected chi connectivity index (χ4v) is 5.17. The maximum Gasteiger partial charge on any atom is 0.247 e. The fraction of sp³-hybridized carbons (Fsp3) is 0.355. The van der Waals surface area contributed by atoms with Crippen molar-refractivity contribution < 1.29 is 19.1 Å². The van der Waals surface area contributed by atoms with Crippen molar-refractivity contribution in [1.29, 1.82) is 0 Å². The van der Waals surface area contributed by atoms with Crippen molar-refractivity contribution in [3.05, 3.63) is 89.5 Å². The highest BCUT2D eigenvalue weighted by Gasteiger charge is 2.33. The van der Waals surface area contributed by atoms with Gasteiger partial charge in [-0.3, -0.25) is 9.59 Å². The van der Waals surface area contributed by atoms with E-state index in [4.69, 9.17) is 9.47 Å². The highest BCUT2D eigenvalue weighted by molar-refractivity contribution is 5.89. The second kappa shape index (κ2) is 12.7. The molecule has 0 spiro atoms. The standard InChI is InChI=1S/C31H35N5O4/c1-22-8-5-9-23(18-22)15-16-35(29(37)21-36-28-14-4-3-13-27(28)33-34-36)30(24-10-6-11-25(19-24)39-2)31(38)32-20-26-12-7-17-40-26/h3-6,8-11,13-14,18-19,26,30H,7,12,15-17,20-21H2,1-2H3,(H,32,38)/t26-,30+/m1/s1. The lowest BCUT2D eigenvalue weighted by Crippen LogP contribution is -2.47. The molecule has 2 heterocycles. The van der Waals surface area contributed by atoms with Gasteiger partial charge in [0.15, 0.2) is 0 Å². The van der Waals surface area contributed by atoms with Crippen LogP contribution in [0.4, 0.5) is 0 Å². The molecule has 9 heteroatoms. The third-order valence-corrected chi connectivity index (χ3v) is 7.25. The lowest BCUT2D eigenvalue weighted by molar-refractivity contribution is -0.141. The van der Waals surface area contributed by atoms with E-state index in [-0.39, 0.29) is 24.5 Å². The van der Waals surface area contributed by atoms with Gasteiger partial charge in [-0.15, -0.1) is 5.10 Å². The van der Waals surface area contributed by atoms with E-state index in [0.717, 1.165) is 29.5 Å². The number of carbonyl (C=O) groups excluding carboxylic acids is 2. The van der Waals surface area contributed by atoms with Crippen molar-refractivity contribution in [2.75, 3.05) is 26.8 Å². The summed E-state index contributed by atoms with van der Waals surface area (Å²) in [6.45, 7) is 3.43. The first-order valence-corrected chi connectivity index (χ1v) is 13.7. The highest BCUT2D eigenvalue weighted by Crippen LogP contribution is 2.27. The van der Waals surface area contributed by atoms with Crippen LogP contribution in [0.3, 0.4) is 0 Å². The molecule has 0 aliphatic carbocycles. The van der Waals surface area contributed by atoms with E-state index in [1.165, 1.54) is 0 Å². The van der Waals surface area contributed by atoms with Gasteiger partial charge in [-0.1, -0.05) is 59.3 Å². The predicted octanol–water partition coefficient (Wildman–Crippen LogP) is 3.86. The number of fused-ring (bicyclic) bond motifs is 1. The molecule has 1 fully saturated rings. The van der Waals surface area contributed by atoms with E-state index in [1.54, 1.807) is 16.7 Å². The van der Waals surface area contributed by atoms with Gasteiger partial charge in [0, 0.05) is 19.7 Å². The van der Waals surface area contributed by atoms with Crippen LogP contribution in [0, 0.1) is 6.92 Å². The molecule has 0 saturated carbocycles. The molecule has 40 heavy (non-hydrogen) atoms. The number of methoxy groups -OCH3 is 1. The third kappa shape index (κ3) is 6.48. The van der Waals surface area contributed by atoms with Gasteiger partial charge in [-0.25, -0.2) is 4.68 Å². The summed E-state index contributed by atoms with van der Waals surface area (Å²) in [4.78, 5) is 29.6. The van der Waals surface area contributed by atoms with Gasteiger partial charge in [0.2, 0.25) is 11.8 Å². The van der Waals surface area contributed by atoms with E-state index < -0.39 is 6.04 Å². The van der Waals surface area contributed by atoms with Gasteiger partial charge in [0.25, 0.3) is 0 Å². The lowest BCUT2D eigenvalue weighted by Gasteiger charge is -2.32. The van der Waals surface area contributed by atoms with Gasteiger partial charge < -0.3 is 19.7 Å². The van der Waals surface area contributed by atoms with Gasteiger partial charge >= 0.3 is 0 Å². The number of para-hydroxylation sites is 1. The van der Waals surface area contributed by atoms with Crippen LogP contribution in [0.15, 0.2) is 72.8 Å². The SMILES string of the molecule is COc1cccc([C@@H](C(=O)NC[C@H]2CCCO2)N(CCc2cccc(C)c2)C(=O)Cn2nnc3ccccc32)c1. The molecular formula is C31H35N5O4. The van der Waals surface area contributed by atoms with E-state index in [2.05, 4.69) is 21.7 Å². The van der Waals surface area contributed by atoms with Crippen molar-refractivity contribution >= 4 is 22.8 Å². The quantitative estimate of drug-likeness (QED) is 0.310. The molecule has 5 rings (SSSR count). The molecule has 0 unspecified atom stereocenters. The molecule has 0 bridgehead atoms. The first kappa shape index (κ1) is 27.3. The van der Waals surface area contributed by atoms with Gasteiger partial charge in [0.1, 0.15) is 23.9 Å². The zero-order valence-electron chi connectivity index (χ0n) is 23.0. The van der Waals surface area contributed by atoms with Crippen LogP contribution in [-0.2, 0) is 27.3 Å². The number of aromatic nitrogens is 3. The maximum absolute atomic E-state index is 14.1. The van der Waals surface area contributed by atoms with Gasteiger partial charge in [-0.2, -0.15) is 0 Å². The number of benzene rings is 3. The average molecular weight is 542 g/mol. The topological polar surface area (TPSA) is 98.6 Å². The smallest absolute Gasteiger partial charge is 0.247 e. The van der Waals surface area contributed by atoms with Crippen LogP contribution >= 0.6 is 0 Å². The Bertz CT molecular complexity index is 1460. The number of nitrogens with one attached hydrogen (secondary N) is 1. The second-order valence-electron chi connectivity index (χ2n) is 10.1. The Kier molecular flexibility index (Phi) is 8.71. The Morgan fingerprint density at radius 3 is 2.77 bits per heavy atom. The zero-order chi connectivity index (χ0) is 27.9. The molecule has 1 aliphatic rings. The van der Waals surface area contributed by atoms with Gasteiger partial charge in [-0.05, 0) is 61.6 Å². The van der Waals surface area contributed by atoms with Crippen LogP contribution in [0.25, 0.3) is 11.0 Å².